The number of nitrogens with one attached hydrogen (secondary N) is 1. The molecule has 0 spiro atoms. The number of rotatable bonds is 4. The lowest BCUT2D eigenvalue weighted by Crippen LogP contribution is -2.08. The molecule has 0 bridgehead atoms. The minimum Gasteiger partial charge on any atom is -0.365 e. The molecule has 0 aromatic rings. The highest BCUT2D eigenvalue weighted by Gasteiger charge is 2.44. The number of nitrogens with zero attached hydrogens (tertiary/aromatic N) is 1. The normalized spacial score (nSPS) is 20.3. The molecule has 0 saturated heterocycles. The molecule has 0 heterocycles. The molecule has 2 heteroatoms. The molecule has 1 saturated carbocycles. The van der Waals surface area contributed by atoms with Crippen LogP contribution in [0.1, 0.15) is 47.0 Å². The second-order valence-corrected chi connectivity index (χ2v) is 4.42. The van der Waals surface area contributed by atoms with Crippen LogP contribution in [0, 0.1) is 16.7 Å². The predicted molar refractivity (Wildman–Crippen MR) is 62.8 cm³/mol. The van der Waals surface area contributed by atoms with E-state index in [9.17, 15) is 0 Å². The van der Waals surface area contributed by atoms with E-state index in [0.717, 1.165) is 24.8 Å². The van der Waals surface area contributed by atoms with Crippen LogP contribution in [-0.4, -0.2) is 0 Å². The summed E-state index contributed by atoms with van der Waals surface area (Å²) >= 11 is 0. The minimum absolute atomic E-state index is 0.145. The first kappa shape index (κ1) is 11.8. The van der Waals surface area contributed by atoms with Crippen LogP contribution in [0.25, 0.3) is 0 Å². The molecule has 0 aliphatic heterocycles. The van der Waals surface area contributed by atoms with Gasteiger partial charge in [-0.3, -0.25) is 0 Å². The quantitative estimate of drug-likeness (QED) is 0.761. The van der Waals surface area contributed by atoms with Crippen LogP contribution in [0.15, 0.2) is 23.0 Å². The zero-order valence-electron chi connectivity index (χ0n) is 10.1. The molecule has 1 aliphatic carbocycles. The van der Waals surface area contributed by atoms with Crippen LogP contribution in [0.4, 0.5) is 0 Å². The van der Waals surface area contributed by atoms with Gasteiger partial charge in [0.2, 0.25) is 0 Å². The summed E-state index contributed by atoms with van der Waals surface area (Å²) in [6.07, 6.45) is 5.09. The van der Waals surface area contributed by atoms with E-state index >= 15 is 0 Å². The van der Waals surface area contributed by atoms with E-state index in [1.165, 1.54) is 11.3 Å². The maximum Gasteiger partial charge on any atom is 0.0798 e. The Kier molecular flexibility index (Phi) is 3.57. The first-order chi connectivity index (χ1) is 7.05. The van der Waals surface area contributed by atoms with Crippen LogP contribution >= 0.6 is 0 Å². The molecule has 1 fully saturated rings. The molecule has 1 aliphatic rings. The zero-order valence-corrected chi connectivity index (χ0v) is 10.1. The number of nitriles is 1. The smallest absolute Gasteiger partial charge is 0.0798 e. The Bertz CT molecular complexity index is 338. The topological polar surface area (TPSA) is 35.8 Å². The van der Waals surface area contributed by atoms with Crippen molar-refractivity contribution in [2.24, 2.45) is 5.41 Å². The third kappa shape index (κ3) is 2.62. The van der Waals surface area contributed by atoms with Crippen molar-refractivity contribution in [1.82, 2.24) is 5.32 Å². The Balaban J connectivity index is 2.64. The van der Waals surface area contributed by atoms with Gasteiger partial charge < -0.3 is 5.32 Å². The molecule has 0 atom stereocenters. The van der Waals surface area contributed by atoms with Gasteiger partial charge in [-0.25, -0.2) is 0 Å². The van der Waals surface area contributed by atoms with Gasteiger partial charge in [-0.1, -0.05) is 12.5 Å². The second-order valence-electron chi connectivity index (χ2n) is 4.42. The van der Waals surface area contributed by atoms with E-state index in [1.807, 2.05) is 13.1 Å². The lowest BCUT2D eigenvalue weighted by molar-refractivity contribution is 0.785. The SMILES string of the molecule is CC/C(C)=C(/C)NC=C(C)C1(C#N)CC1. The fraction of sp³-hybridized carbons (Fsp3) is 0.615. The van der Waals surface area contributed by atoms with Crippen LogP contribution < -0.4 is 5.32 Å². The van der Waals surface area contributed by atoms with Gasteiger partial charge in [-0.2, -0.15) is 5.26 Å². The summed E-state index contributed by atoms with van der Waals surface area (Å²) in [7, 11) is 0. The Hall–Kier alpha value is -1.23. The first-order valence-corrected chi connectivity index (χ1v) is 5.57. The van der Waals surface area contributed by atoms with E-state index in [4.69, 9.17) is 5.26 Å². The molecule has 0 aromatic carbocycles. The maximum atomic E-state index is 9.02. The highest BCUT2D eigenvalue weighted by atomic mass is 14.8. The van der Waals surface area contributed by atoms with Gasteiger partial charge in [0.05, 0.1) is 11.5 Å². The summed E-state index contributed by atoms with van der Waals surface area (Å²) in [6.45, 7) is 8.39. The monoisotopic (exact) mass is 204 g/mol. The number of allylic oxidation sites excluding steroid dienone is 3. The second kappa shape index (κ2) is 4.53. The average molecular weight is 204 g/mol. The van der Waals surface area contributed by atoms with Gasteiger partial charge in [0.15, 0.2) is 0 Å². The third-order valence-electron chi connectivity index (χ3n) is 3.39. The van der Waals surface area contributed by atoms with Crippen molar-refractivity contribution in [3.8, 4) is 6.07 Å². The van der Waals surface area contributed by atoms with Gasteiger partial charge in [0.1, 0.15) is 0 Å². The van der Waals surface area contributed by atoms with E-state index < -0.39 is 0 Å². The van der Waals surface area contributed by atoms with Gasteiger partial charge >= 0.3 is 0 Å². The van der Waals surface area contributed by atoms with Gasteiger partial charge in [0.25, 0.3) is 0 Å². The first-order valence-electron chi connectivity index (χ1n) is 5.57. The predicted octanol–water partition coefficient (Wildman–Crippen LogP) is 3.49. The lowest BCUT2D eigenvalue weighted by Gasteiger charge is -2.09. The van der Waals surface area contributed by atoms with E-state index in [-0.39, 0.29) is 5.41 Å². The fourth-order valence-corrected chi connectivity index (χ4v) is 1.46. The van der Waals surface area contributed by atoms with E-state index in [2.05, 4.69) is 32.2 Å². The Morgan fingerprint density at radius 1 is 1.40 bits per heavy atom. The molecular formula is C13H20N2. The van der Waals surface area contributed by atoms with Gasteiger partial charge in [0, 0.05) is 11.9 Å². The summed E-state index contributed by atoms with van der Waals surface area (Å²) in [5.41, 5.74) is 3.58. The Morgan fingerprint density at radius 2 is 2.00 bits per heavy atom. The molecule has 0 amide bonds. The standard InChI is InChI=1S/C13H20N2/c1-5-10(2)12(4)15-8-11(3)13(9-14)6-7-13/h8,15H,5-7H2,1-4H3/b11-8?,12-10-. The van der Waals surface area contributed by atoms with Crippen molar-refractivity contribution in [2.75, 3.05) is 0 Å². The molecular weight excluding hydrogens is 184 g/mol. The van der Waals surface area contributed by atoms with Crippen LogP contribution in [0.3, 0.4) is 0 Å². The average Bonchev–Trinajstić information content (AvgIpc) is 3.04. The fourth-order valence-electron chi connectivity index (χ4n) is 1.46. The summed E-state index contributed by atoms with van der Waals surface area (Å²) in [6, 6.07) is 2.39. The Morgan fingerprint density at radius 3 is 2.40 bits per heavy atom. The van der Waals surface area contributed by atoms with Crippen molar-refractivity contribution in [3.05, 3.63) is 23.0 Å². The summed E-state index contributed by atoms with van der Waals surface area (Å²) in [4.78, 5) is 0. The van der Waals surface area contributed by atoms with Gasteiger partial charge in [-0.05, 0) is 45.6 Å². The lowest BCUT2D eigenvalue weighted by atomic mass is 10.0. The van der Waals surface area contributed by atoms with Crippen molar-refractivity contribution in [2.45, 2.75) is 47.0 Å². The molecule has 2 nitrogen and oxygen atoms in total. The van der Waals surface area contributed by atoms with Crippen LogP contribution in [-0.2, 0) is 0 Å². The summed E-state index contributed by atoms with van der Waals surface area (Å²) < 4.78 is 0. The minimum atomic E-state index is -0.145. The molecule has 15 heavy (non-hydrogen) atoms. The molecule has 1 N–H and O–H groups in total. The van der Waals surface area contributed by atoms with Crippen molar-refractivity contribution >= 4 is 0 Å². The summed E-state index contributed by atoms with van der Waals surface area (Å²) in [5.74, 6) is 0. The van der Waals surface area contributed by atoms with Crippen molar-refractivity contribution < 1.29 is 0 Å². The zero-order chi connectivity index (χ0) is 11.5. The van der Waals surface area contributed by atoms with Crippen molar-refractivity contribution in [1.29, 1.82) is 5.26 Å². The molecule has 0 aromatic heterocycles. The van der Waals surface area contributed by atoms with Crippen molar-refractivity contribution in [3.63, 3.8) is 0 Å². The Labute approximate surface area is 92.7 Å². The number of hydrogen-bond donors (Lipinski definition) is 1. The molecule has 0 radical (unpaired) electrons. The molecule has 82 valence electrons. The van der Waals surface area contributed by atoms with Gasteiger partial charge in [-0.15, -0.1) is 0 Å². The largest absolute Gasteiger partial charge is 0.365 e. The van der Waals surface area contributed by atoms with Crippen LogP contribution in [0.5, 0.6) is 0 Å². The summed E-state index contributed by atoms with van der Waals surface area (Å²) in [5, 5.41) is 12.3. The number of hydrogen-bond acceptors (Lipinski definition) is 2. The highest BCUT2D eigenvalue weighted by molar-refractivity contribution is 5.30. The molecule has 0 unspecified atom stereocenters. The molecule has 1 rings (SSSR count). The highest BCUT2D eigenvalue weighted by Crippen LogP contribution is 2.50. The third-order valence-corrected chi connectivity index (χ3v) is 3.39. The van der Waals surface area contributed by atoms with E-state index in [1.54, 1.807) is 0 Å². The maximum absolute atomic E-state index is 9.02. The van der Waals surface area contributed by atoms with Crippen LogP contribution in [0.2, 0.25) is 0 Å². The van der Waals surface area contributed by atoms with E-state index in [0.29, 0.717) is 0 Å².